The first-order valence-corrected chi connectivity index (χ1v) is 5.15. The Labute approximate surface area is 86.5 Å². The molecule has 1 aromatic carbocycles. The lowest BCUT2D eigenvalue weighted by Gasteiger charge is -2.19. The zero-order valence-corrected chi connectivity index (χ0v) is 9.25. The molecule has 1 atom stereocenters. The third-order valence-corrected chi connectivity index (χ3v) is 2.56. The second-order valence-corrected chi connectivity index (χ2v) is 4.21. The number of nitrogens with two attached hydrogens (primary N) is 1. The van der Waals surface area contributed by atoms with Crippen molar-refractivity contribution in [1.29, 1.82) is 0 Å². The topological polar surface area (TPSA) is 38.0 Å². The third-order valence-electron chi connectivity index (χ3n) is 2.56. The SMILES string of the molecule is Cc1cccc(CC(NN)C(C)C)c1. The average Bonchev–Trinajstić information content (AvgIpc) is 2.14. The van der Waals surface area contributed by atoms with Crippen LogP contribution in [0.3, 0.4) is 0 Å². The molecule has 2 heteroatoms. The van der Waals surface area contributed by atoms with E-state index in [9.17, 15) is 0 Å². The molecule has 0 aliphatic heterocycles. The summed E-state index contributed by atoms with van der Waals surface area (Å²) in [4.78, 5) is 0. The van der Waals surface area contributed by atoms with Crippen molar-refractivity contribution in [2.75, 3.05) is 0 Å². The van der Waals surface area contributed by atoms with E-state index >= 15 is 0 Å². The highest BCUT2D eigenvalue weighted by molar-refractivity contribution is 5.23. The van der Waals surface area contributed by atoms with Crippen molar-refractivity contribution in [3.63, 3.8) is 0 Å². The predicted molar refractivity (Wildman–Crippen MR) is 60.8 cm³/mol. The van der Waals surface area contributed by atoms with Gasteiger partial charge in [-0.1, -0.05) is 43.7 Å². The van der Waals surface area contributed by atoms with Gasteiger partial charge in [0.05, 0.1) is 0 Å². The smallest absolute Gasteiger partial charge is 0.0273 e. The molecular formula is C12H20N2. The number of hydrazine groups is 1. The lowest BCUT2D eigenvalue weighted by molar-refractivity contribution is 0.404. The van der Waals surface area contributed by atoms with Gasteiger partial charge >= 0.3 is 0 Å². The monoisotopic (exact) mass is 192 g/mol. The van der Waals surface area contributed by atoms with Crippen LogP contribution in [-0.2, 0) is 6.42 Å². The molecule has 1 unspecified atom stereocenters. The summed E-state index contributed by atoms with van der Waals surface area (Å²) >= 11 is 0. The van der Waals surface area contributed by atoms with Crippen molar-refractivity contribution in [2.24, 2.45) is 11.8 Å². The Kier molecular flexibility index (Phi) is 4.11. The molecule has 0 spiro atoms. The lowest BCUT2D eigenvalue weighted by Crippen LogP contribution is -2.40. The van der Waals surface area contributed by atoms with E-state index in [4.69, 9.17) is 5.84 Å². The maximum Gasteiger partial charge on any atom is 0.0273 e. The highest BCUT2D eigenvalue weighted by Crippen LogP contribution is 2.11. The Morgan fingerprint density at radius 3 is 2.57 bits per heavy atom. The average molecular weight is 192 g/mol. The van der Waals surface area contributed by atoms with Crippen molar-refractivity contribution in [1.82, 2.24) is 5.43 Å². The second-order valence-electron chi connectivity index (χ2n) is 4.21. The molecule has 1 rings (SSSR count). The molecule has 0 aromatic heterocycles. The summed E-state index contributed by atoms with van der Waals surface area (Å²) < 4.78 is 0. The number of aryl methyl sites for hydroxylation is 1. The van der Waals surface area contributed by atoms with E-state index in [0.29, 0.717) is 12.0 Å². The minimum Gasteiger partial charge on any atom is -0.271 e. The summed E-state index contributed by atoms with van der Waals surface area (Å²) in [7, 11) is 0. The van der Waals surface area contributed by atoms with Crippen LogP contribution in [0.25, 0.3) is 0 Å². The quantitative estimate of drug-likeness (QED) is 0.566. The standard InChI is InChI=1S/C12H20N2/c1-9(2)12(14-13)8-11-6-4-5-10(3)7-11/h4-7,9,12,14H,8,13H2,1-3H3. The van der Waals surface area contributed by atoms with Crippen LogP contribution in [0.2, 0.25) is 0 Å². The van der Waals surface area contributed by atoms with Crippen molar-refractivity contribution >= 4 is 0 Å². The molecule has 0 aliphatic carbocycles. The molecule has 0 fully saturated rings. The first-order valence-electron chi connectivity index (χ1n) is 5.15. The van der Waals surface area contributed by atoms with Crippen LogP contribution < -0.4 is 11.3 Å². The van der Waals surface area contributed by atoms with Gasteiger partial charge in [-0.05, 0) is 24.8 Å². The predicted octanol–water partition coefficient (Wildman–Crippen LogP) is 2.03. The van der Waals surface area contributed by atoms with Gasteiger partial charge in [0.1, 0.15) is 0 Å². The molecule has 14 heavy (non-hydrogen) atoms. The summed E-state index contributed by atoms with van der Waals surface area (Å²) in [5.74, 6) is 6.07. The minimum atomic E-state index is 0.358. The van der Waals surface area contributed by atoms with E-state index in [1.54, 1.807) is 0 Å². The van der Waals surface area contributed by atoms with Gasteiger partial charge in [-0.15, -0.1) is 0 Å². The molecule has 78 valence electrons. The Hall–Kier alpha value is -0.860. The van der Waals surface area contributed by atoms with Crippen LogP contribution in [0.4, 0.5) is 0 Å². The Morgan fingerprint density at radius 2 is 2.07 bits per heavy atom. The van der Waals surface area contributed by atoms with Crippen LogP contribution in [0, 0.1) is 12.8 Å². The molecule has 0 saturated heterocycles. The number of benzene rings is 1. The fourth-order valence-electron chi connectivity index (χ4n) is 1.58. The third kappa shape index (κ3) is 3.13. The molecule has 1 aromatic rings. The molecule has 0 saturated carbocycles. The summed E-state index contributed by atoms with van der Waals surface area (Å²) in [6, 6.07) is 8.94. The van der Waals surface area contributed by atoms with Gasteiger partial charge in [-0.2, -0.15) is 0 Å². The van der Waals surface area contributed by atoms with Gasteiger partial charge in [0.25, 0.3) is 0 Å². The molecular weight excluding hydrogens is 172 g/mol. The van der Waals surface area contributed by atoms with Crippen molar-refractivity contribution in [3.05, 3.63) is 35.4 Å². The van der Waals surface area contributed by atoms with E-state index in [-0.39, 0.29) is 0 Å². The number of nitrogens with one attached hydrogen (secondary N) is 1. The van der Waals surface area contributed by atoms with Gasteiger partial charge in [-0.3, -0.25) is 11.3 Å². The maximum absolute atomic E-state index is 5.51. The van der Waals surface area contributed by atoms with Gasteiger partial charge < -0.3 is 0 Å². The van der Waals surface area contributed by atoms with Gasteiger partial charge in [0.2, 0.25) is 0 Å². The molecule has 0 aliphatic rings. The highest BCUT2D eigenvalue weighted by atomic mass is 15.2. The van der Waals surface area contributed by atoms with Crippen molar-refractivity contribution in [2.45, 2.75) is 33.2 Å². The summed E-state index contributed by atoms with van der Waals surface area (Å²) in [5, 5.41) is 0. The summed E-state index contributed by atoms with van der Waals surface area (Å²) in [6.45, 7) is 6.48. The number of rotatable bonds is 4. The van der Waals surface area contributed by atoms with E-state index in [1.165, 1.54) is 11.1 Å². The van der Waals surface area contributed by atoms with E-state index in [0.717, 1.165) is 6.42 Å². The Balaban J connectivity index is 2.67. The van der Waals surface area contributed by atoms with Crippen LogP contribution in [0.15, 0.2) is 24.3 Å². The highest BCUT2D eigenvalue weighted by Gasteiger charge is 2.11. The number of hydrogen-bond acceptors (Lipinski definition) is 2. The van der Waals surface area contributed by atoms with E-state index in [1.807, 2.05) is 0 Å². The Morgan fingerprint density at radius 1 is 1.36 bits per heavy atom. The number of hydrogen-bond donors (Lipinski definition) is 2. The first-order chi connectivity index (χ1) is 6.63. The first kappa shape index (κ1) is 11.2. The fourth-order valence-corrected chi connectivity index (χ4v) is 1.58. The van der Waals surface area contributed by atoms with Crippen LogP contribution in [0.1, 0.15) is 25.0 Å². The molecule has 3 N–H and O–H groups in total. The van der Waals surface area contributed by atoms with Crippen LogP contribution >= 0.6 is 0 Å². The van der Waals surface area contributed by atoms with E-state index in [2.05, 4.69) is 50.5 Å². The minimum absolute atomic E-state index is 0.358. The largest absolute Gasteiger partial charge is 0.271 e. The van der Waals surface area contributed by atoms with Gasteiger partial charge in [0, 0.05) is 6.04 Å². The van der Waals surface area contributed by atoms with Crippen LogP contribution in [0.5, 0.6) is 0 Å². The van der Waals surface area contributed by atoms with Gasteiger partial charge in [0.15, 0.2) is 0 Å². The zero-order valence-electron chi connectivity index (χ0n) is 9.25. The summed E-state index contributed by atoms with van der Waals surface area (Å²) in [5.41, 5.74) is 5.53. The van der Waals surface area contributed by atoms with E-state index < -0.39 is 0 Å². The van der Waals surface area contributed by atoms with Crippen molar-refractivity contribution in [3.8, 4) is 0 Å². The molecule has 0 amide bonds. The molecule has 0 bridgehead atoms. The Bertz CT molecular complexity index is 281. The van der Waals surface area contributed by atoms with Gasteiger partial charge in [-0.25, -0.2) is 0 Å². The maximum atomic E-state index is 5.51. The molecule has 0 heterocycles. The molecule has 0 radical (unpaired) electrons. The molecule has 2 nitrogen and oxygen atoms in total. The second kappa shape index (κ2) is 5.13. The summed E-state index contributed by atoms with van der Waals surface area (Å²) in [6.07, 6.45) is 0.996. The lowest BCUT2D eigenvalue weighted by atomic mass is 9.96. The fraction of sp³-hybridized carbons (Fsp3) is 0.500. The normalized spacial score (nSPS) is 13.2. The van der Waals surface area contributed by atoms with Crippen molar-refractivity contribution < 1.29 is 0 Å². The zero-order chi connectivity index (χ0) is 10.6. The van der Waals surface area contributed by atoms with Crippen LogP contribution in [-0.4, -0.2) is 6.04 Å².